The van der Waals surface area contributed by atoms with Crippen molar-refractivity contribution in [2.45, 2.75) is 63.2 Å². The highest BCUT2D eigenvalue weighted by Gasteiger charge is 2.41. The highest BCUT2D eigenvalue weighted by atomic mass is 16.3. The highest BCUT2D eigenvalue weighted by molar-refractivity contribution is 5.98. The van der Waals surface area contributed by atoms with Crippen molar-refractivity contribution in [2.75, 3.05) is 13.1 Å². The zero-order valence-corrected chi connectivity index (χ0v) is 19.0. The molecule has 0 aromatic heterocycles. The van der Waals surface area contributed by atoms with Crippen LogP contribution in [0.4, 0.5) is 4.79 Å². The number of rotatable bonds is 5. The first-order valence-corrected chi connectivity index (χ1v) is 12.2. The smallest absolute Gasteiger partial charge is 0.317 e. The molecule has 0 radical (unpaired) electrons. The Morgan fingerprint density at radius 3 is 2.15 bits per heavy atom. The number of carbonyl (C=O) groups excluding carboxylic acids is 2. The summed E-state index contributed by atoms with van der Waals surface area (Å²) in [5, 5.41) is 12.7. The molecule has 2 aromatic carbocycles. The van der Waals surface area contributed by atoms with E-state index in [0.29, 0.717) is 43.6 Å². The van der Waals surface area contributed by atoms with Gasteiger partial charge in [0.25, 0.3) is 0 Å². The van der Waals surface area contributed by atoms with Gasteiger partial charge in [-0.2, -0.15) is 0 Å². The van der Waals surface area contributed by atoms with Crippen molar-refractivity contribution in [3.63, 3.8) is 0 Å². The van der Waals surface area contributed by atoms with Crippen LogP contribution in [0.15, 0.2) is 54.6 Å². The first-order chi connectivity index (χ1) is 16.1. The maximum absolute atomic E-state index is 12.9. The topological polar surface area (TPSA) is 72.9 Å². The molecular weight excluding hydrogens is 414 g/mol. The minimum Gasteiger partial charge on any atom is -0.508 e. The van der Waals surface area contributed by atoms with Crippen LogP contribution in [0.25, 0.3) is 0 Å². The van der Waals surface area contributed by atoms with Gasteiger partial charge in [0.2, 0.25) is 0 Å². The number of piperidine rings is 2. The number of urea groups is 1. The van der Waals surface area contributed by atoms with E-state index >= 15 is 0 Å². The van der Waals surface area contributed by atoms with Crippen molar-refractivity contribution in [3.8, 4) is 5.75 Å². The average Bonchev–Trinajstić information content (AvgIpc) is 3.07. The predicted octanol–water partition coefficient (Wildman–Crippen LogP) is 4.19. The number of aromatic hydroxyl groups is 1. The Labute approximate surface area is 195 Å². The Morgan fingerprint density at radius 1 is 0.879 bits per heavy atom. The number of phenols is 1. The van der Waals surface area contributed by atoms with Crippen molar-refractivity contribution in [1.29, 1.82) is 0 Å². The number of fused-ring (bicyclic) bond motifs is 2. The Hall–Kier alpha value is -2.86. The molecule has 3 aliphatic heterocycles. The fourth-order valence-corrected chi connectivity index (χ4v) is 5.92. The lowest BCUT2D eigenvalue weighted by atomic mass is 9.89. The summed E-state index contributed by atoms with van der Waals surface area (Å²) in [6.45, 7) is 2.22. The molecule has 3 heterocycles. The van der Waals surface area contributed by atoms with Crippen molar-refractivity contribution in [3.05, 3.63) is 65.7 Å². The lowest BCUT2D eigenvalue weighted by Crippen LogP contribution is -2.53. The summed E-state index contributed by atoms with van der Waals surface area (Å²) in [5.74, 6) is 0.213. The lowest BCUT2D eigenvalue weighted by Gasteiger charge is -2.40. The van der Waals surface area contributed by atoms with Gasteiger partial charge in [0.05, 0.1) is 0 Å². The van der Waals surface area contributed by atoms with E-state index in [1.54, 1.807) is 24.3 Å². The van der Waals surface area contributed by atoms with E-state index in [1.807, 2.05) is 4.90 Å². The number of amides is 2. The third-order valence-corrected chi connectivity index (χ3v) is 7.72. The number of carbonyl (C=O) groups is 2. The molecule has 0 aliphatic carbocycles. The van der Waals surface area contributed by atoms with Crippen LogP contribution >= 0.6 is 0 Å². The molecule has 2 atom stereocenters. The van der Waals surface area contributed by atoms with Gasteiger partial charge in [0.15, 0.2) is 5.78 Å². The SMILES string of the molecule is O=C(c1ccc(O)cc1)C1CCN(C(=O)NC2CC3CCC(C2)N3Cc2ccccc2)CC1. The van der Waals surface area contributed by atoms with Gasteiger partial charge in [0, 0.05) is 49.2 Å². The Kier molecular flexibility index (Phi) is 6.36. The van der Waals surface area contributed by atoms with Crippen molar-refractivity contribution in [1.82, 2.24) is 15.1 Å². The Bertz CT molecular complexity index is 956. The van der Waals surface area contributed by atoms with Crippen LogP contribution in [0.5, 0.6) is 5.75 Å². The fourth-order valence-electron chi connectivity index (χ4n) is 5.92. The number of Topliss-reactive ketones (excluding diaryl/α,β-unsaturated/α-hetero) is 1. The summed E-state index contributed by atoms with van der Waals surface area (Å²) in [5.41, 5.74) is 2.00. The van der Waals surface area contributed by atoms with Gasteiger partial charge in [0.1, 0.15) is 5.75 Å². The second-order valence-electron chi connectivity index (χ2n) is 9.83. The molecule has 0 spiro atoms. The second-order valence-corrected chi connectivity index (χ2v) is 9.83. The van der Waals surface area contributed by atoms with Crippen LogP contribution < -0.4 is 5.32 Å². The molecule has 6 nitrogen and oxygen atoms in total. The number of nitrogens with one attached hydrogen (secondary N) is 1. The molecule has 2 amide bonds. The molecule has 5 rings (SSSR count). The normalized spacial score (nSPS) is 25.7. The van der Waals surface area contributed by atoms with E-state index in [1.165, 1.54) is 18.4 Å². The van der Waals surface area contributed by atoms with E-state index in [4.69, 9.17) is 0 Å². The molecule has 3 saturated heterocycles. The first kappa shape index (κ1) is 22.0. The minimum atomic E-state index is -0.0596. The van der Waals surface area contributed by atoms with Crippen LogP contribution in [-0.2, 0) is 6.54 Å². The van der Waals surface area contributed by atoms with Gasteiger partial charge in [-0.25, -0.2) is 4.79 Å². The van der Waals surface area contributed by atoms with Crippen LogP contribution in [-0.4, -0.2) is 57.9 Å². The largest absolute Gasteiger partial charge is 0.508 e. The molecule has 2 aromatic rings. The van der Waals surface area contributed by atoms with Crippen LogP contribution in [0.3, 0.4) is 0 Å². The van der Waals surface area contributed by atoms with Gasteiger partial charge in [-0.1, -0.05) is 30.3 Å². The summed E-state index contributed by atoms with van der Waals surface area (Å²) < 4.78 is 0. The summed E-state index contributed by atoms with van der Waals surface area (Å²) >= 11 is 0. The van der Waals surface area contributed by atoms with Gasteiger partial charge in [-0.05, 0) is 68.4 Å². The van der Waals surface area contributed by atoms with E-state index < -0.39 is 0 Å². The summed E-state index contributed by atoms with van der Waals surface area (Å²) in [4.78, 5) is 30.2. The maximum Gasteiger partial charge on any atom is 0.317 e. The van der Waals surface area contributed by atoms with E-state index in [0.717, 1.165) is 19.4 Å². The zero-order valence-electron chi connectivity index (χ0n) is 19.0. The number of nitrogens with zero attached hydrogens (tertiary/aromatic N) is 2. The molecule has 174 valence electrons. The number of phenolic OH excluding ortho intramolecular Hbond substituents is 1. The molecule has 2 unspecified atom stereocenters. The number of ketones is 1. The molecule has 3 aliphatic rings. The van der Waals surface area contributed by atoms with E-state index in [2.05, 4.69) is 40.5 Å². The van der Waals surface area contributed by atoms with Gasteiger partial charge >= 0.3 is 6.03 Å². The summed E-state index contributed by atoms with van der Waals surface area (Å²) in [6.07, 6.45) is 5.85. The van der Waals surface area contributed by atoms with E-state index in [-0.39, 0.29) is 29.5 Å². The highest BCUT2D eigenvalue weighted by Crippen LogP contribution is 2.37. The van der Waals surface area contributed by atoms with Crippen LogP contribution in [0, 0.1) is 5.92 Å². The van der Waals surface area contributed by atoms with E-state index in [9.17, 15) is 14.7 Å². The number of hydrogen-bond acceptors (Lipinski definition) is 4. The zero-order chi connectivity index (χ0) is 22.8. The monoisotopic (exact) mass is 447 g/mol. The quantitative estimate of drug-likeness (QED) is 0.674. The molecule has 2 N–H and O–H groups in total. The van der Waals surface area contributed by atoms with Gasteiger partial charge in [-0.3, -0.25) is 9.69 Å². The lowest BCUT2D eigenvalue weighted by molar-refractivity contribution is 0.0841. The molecular formula is C27H33N3O3. The third kappa shape index (κ3) is 4.91. The van der Waals surface area contributed by atoms with Crippen molar-refractivity contribution < 1.29 is 14.7 Å². The molecule has 6 heteroatoms. The average molecular weight is 448 g/mol. The number of hydrogen-bond donors (Lipinski definition) is 2. The standard InChI is InChI=1S/C27H33N3O3/c31-25-10-6-20(7-11-25)26(32)21-12-14-29(15-13-21)27(33)28-22-16-23-8-9-24(17-22)30(23)18-19-4-2-1-3-5-19/h1-7,10-11,21-24,31H,8-9,12-18H2,(H,28,33). The summed E-state index contributed by atoms with van der Waals surface area (Å²) in [6, 6.07) is 18.5. The van der Waals surface area contributed by atoms with Crippen LogP contribution in [0.1, 0.15) is 54.4 Å². The second kappa shape index (κ2) is 9.56. The Morgan fingerprint density at radius 2 is 1.52 bits per heavy atom. The predicted molar refractivity (Wildman–Crippen MR) is 127 cm³/mol. The molecule has 3 fully saturated rings. The van der Waals surface area contributed by atoms with Gasteiger partial charge < -0.3 is 15.3 Å². The first-order valence-electron chi connectivity index (χ1n) is 12.2. The third-order valence-electron chi connectivity index (χ3n) is 7.72. The Balaban J connectivity index is 1.10. The molecule has 33 heavy (non-hydrogen) atoms. The molecule has 0 saturated carbocycles. The number of benzene rings is 2. The minimum absolute atomic E-state index is 0.0199. The van der Waals surface area contributed by atoms with Crippen molar-refractivity contribution in [2.24, 2.45) is 5.92 Å². The molecule has 2 bridgehead atoms. The number of likely N-dealkylation sites (tertiary alicyclic amines) is 1. The maximum atomic E-state index is 12.9. The fraction of sp³-hybridized carbons (Fsp3) is 0.481. The van der Waals surface area contributed by atoms with Gasteiger partial charge in [-0.15, -0.1) is 0 Å². The van der Waals surface area contributed by atoms with Crippen LogP contribution in [0.2, 0.25) is 0 Å². The van der Waals surface area contributed by atoms with Crippen molar-refractivity contribution >= 4 is 11.8 Å². The summed E-state index contributed by atoms with van der Waals surface area (Å²) in [7, 11) is 0.